The number of fused-ring (bicyclic) bond motifs is 9. The molecule has 0 fully saturated rings. The van der Waals surface area contributed by atoms with Gasteiger partial charge in [0.1, 0.15) is 0 Å². The Bertz CT molecular complexity index is 5370. The molecule has 0 bridgehead atoms. The van der Waals surface area contributed by atoms with E-state index >= 15 is 0 Å². The molecule has 1 aliphatic rings. The van der Waals surface area contributed by atoms with E-state index in [2.05, 4.69) is 399 Å². The first kappa shape index (κ1) is 57.6. The van der Waals surface area contributed by atoms with Crippen LogP contribution >= 0.6 is 0 Å². The second kappa shape index (κ2) is 24.3. The van der Waals surface area contributed by atoms with Crippen LogP contribution in [0, 0.1) is 0 Å². The van der Waals surface area contributed by atoms with Gasteiger partial charge in [0.25, 0.3) is 0 Å². The van der Waals surface area contributed by atoms with Crippen LogP contribution < -0.4 is 14.7 Å². The summed E-state index contributed by atoms with van der Waals surface area (Å²) in [6.45, 7) is 4.76. The number of hydrogen-bond acceptors (Lipinski definition) is 3. The number of nitrogens with zero attached hydrogens (tertiary/aromatic N) is 3. The summed E-state index contributed by atoms with van der Waals surface area (Å²) in [6, 6.07) is 136. The van der Waals surface area contributed by atoms with Crippen LogP contribution in [-0.4, -0.2) is 0 Å². The molecule has 0 saturated carbocycles. The van der Waals surface area contributed by atoms with Crippen LogP contribution in [-0.2, 0) is 5.41 Å². The molecule has 454 valence electrons. The Kier molecular flexibility index (Phi) is 14.6. The molecule has 0 amide bonds. The Morgan fingerprint density at radius 1 is 0.188 bits per heavy atom. The molecule has 96 heavy (non-hydrogen) atoms. The molecule has 16 aromatic carbocycles. The fraction of sp³-hybridized carbons (Fsp3) is 0.0323. The third kappa shape index (κ3) is 10.3. The van der Waals surface area contributed by atoms with E-state index in [0.29, 0.717) is 0 Å². The van der Waals surface area contributed by atoms with E-state index in [1.54, 1.807) is 0 Å². The summed E-state index contributed by atoms with van der Waals surface area (Å²) in [5.41, 5.74) is 26.7. The molecule has 0 aromatic heterocycles. The molecule has 0 N–H and O–H groups in total. The van der Waals surface area contributed by atoms with Crippen molar-refractivity contribution in [3.05, 3.63) is 381 Å². The van der Waals surface area contributed by atoms with Crippen LogP contribution in [0.25, 0.3) is 99.1 Å². The topological polar surface area (TPSA) is 9.72 Å². The maximum Gasteiger partial charge on any atom is 0.0462 e. The van der Waals surface area contributed by atoms with Crippen LogP contribution in [0.1, 0.15) is 25.0 Å². The van der Waals surface area contributed by atoms with Crippen LogP contribution in [0.5, 0.6) is 0 Å². The smallest absolute Gasteiger partial charge is 0.0462 e. The number of benzene rings is 16. The standard InChI is InChI=1S/C93H67N3/c1-93(2)88-41-25-24-40-80(88)81-57-48-70(62-89(81)93)69-50-59-83-87(61-69)86-60-68(64-42-51-77(52-43-64)94(71-28-12-4-13-29-71)72-30-14-5-15-31-72)49-58-82(86)91-85(66-44-53-78(54-45-66)95(73-32-16-6-17-33-73)74-34-18-7-19-35-74)63-84(65-26-10-3-11-27-65)90(92(83)91)67-46-55-79(56-47-67)96(75-36-20-8-21-37-75)76-38-22-9-23-39-76/h3-63H,1-2H3. The Balaban J connectivity index is 0.932. The number of rotatable bonds is 14. The van der Waals surface area contributed by atoms with Crippen molar-refractivity contribution in [2.45, 2.75) is 19.3 Å². The zero-order valence-corrected chi connectivity index (χ0v) is 53.6. The summed E-state index contributed by atoms with van der Waals surface area (Å²) >= 11 is 0. The summed E-state index contributed by atoms with van der Waals surface area (Å²) in [5.74, 6) is 0. The second-order valence-corrected chi connectivity index (χ2v) is 25.6. The Morgan fingerprint density at radius 3 is 0.948 bits per heavy atom. The molecular formula is C93H67N3. The van der Waals surface area contributed by atoms with E-state index in [9.17, 15) is 0 Å². The number of anilines is 9. The van der Waals surface area contributed by atoms with E-state index in [1.807, 2.05) is 0 Å². The van der Waals surface area contributed by atoms with Crippen molar-refractivity contribution in [2.75, 3.05) is 14.7 Å². The van der Waals surface area contributed by atoms with Crippen molar-refractivity contribution in [1.82, 2.24) is 0 Å². The molecule has 0 aliphatic heterocycles. The van der Waals surface area contributed by atoms with E-state index in [1.165, 1.54) is 71.3 Å². The second-order valence-electron chi connectivity index (χ2n) is 25.6. The minimum Gasteiger partial charge on any atom is -0.311 e. The third-order valence-electron chi connectivity index (χ3n) is 19.6. The predicted octanol–water partition coefficient (Wildman–Crippen LogP) is 26.2. The van der Waals surface area contributed by atoms with Gasteiger partial charge in [-0.05, 0) is 244 Å². The first-order valence-corrected chi connectivity index (χ1v) is 33.2. The van der Waals surface area contributed by atoms with Gasteiger partial charge < -0.3 is 14.7 Å². The van der Waals surface area contributed by atoms with Crippen LogP contribution in [0.3, 0.4) is 0 Å². The minimum absolute atomic E-state index is 0.154. The molecule has 16 aromatic rings. The van der Waals surface area contributed by atoms with Crippen LogP contribution in [0.4, 0.5) is 51.2 Å². The Labute approximate surface area is 562 Å². The zero-order chi connectivity index (χ0) is 64.1. The van der Waals surface area contributed by atoms with Gasteiger partial charge in [0.05, 0.1) is 0 Å². The average molecular weight is 1230 g/mol. The quantitative estimate of drug-likeness (QED) is 0.100. The van der Waals surface area contributed by atoms with E-state index in [4.69, 9.17) is 0 Å². The van der Waals surface area contributed by atoms with Gasteiger partial charge in [-0.15, -0.1) is 0 Å². The van der Waals surface area contributed by atoms with Gasteiger partial charge in [-0.25, -0.2) is 0 Å². The molecular weight excluding hydrogens is 1160 g/mol. The van der Waals surface area contributed by atoms with E-state index < -0.39 is 0 Å². The van der Waals surface area contributed by atoms with E-state index in [-0.39, 0.29) is 5.41 Å². The van der Waals surface area contributed by atoms with Gasteiger partial charge in [0.2, 0.25) is 0 Å². The lowest BCUT2D eigenvalue weighted by molar-refractivity contribution is 0.660. The average Bonchev–Trinajstić information content (AvgIpc) is 1.20. The zero-order valence-electron chi connectivity index (χ0n) is 53.6. The van der Waals surface area contributed by atoms with Gasteiger partial charge >= 0.3 is 0 Å². The molecule has 0 atom stereocenters. The predicted molar refractivity (Wildman–Crippen MR) is 408 cm³/mol. The van der Waals surface area contributed by atoms with Crippen molar-refractivity contribution < 1.29 is 0 Å². The summed E-state index contributed by atoms with van der Waals surface area (Å²) in [5, 5.41) is 7.17. The van der Waals surface area contributed by atoms with Crippen molar-refractivity contribution in [2.24, 2.45) is 0 Å². The third-order valence-corrected chi connectivity index (χ3v) is 19.6. The first-order chi connectivity index (χ1) is 47.4. The van der Waals surface area contributed by atoms with Gasteiger partial charge in [0, 0.05) is 56.6 Å². The van der Waals surface area contributed by atoms with Gasteiger partial charge in [0.15, 0.2) is 0 Å². The van der Waals surface area contributed by atoms with Gasteiger partial charge in [-0.1, -0.05) is 250 Å². The molecule has 0 spiro atoms. The van der Waals surface area contributed by atoms with E-state index in [0.717, 1.165) is 90.1 Å². The Hall–Kier alpha value is -12.3. The molecule has 1 aliphatic carbocycles. The molecule has 3 heteroatoms. The number of para-hydroxylation sites is 6. The minimum atomic E-state index is -0.154. The fourth-order valence-electron chi connectivity index (χ4n) is 15.0. The molecule has 3 nitrogen and oxygen atoms in total. The summed E-state index contributed by atoms with van der Waals surface area (Å²) in [7, 11) is 0. The van der Waals surface area contributed by atoms with Gasteiger partial charge in [-0.2, -0.15) is 0 Å². The molecule has 0 unspecified atom stereocenters. The lowest BCUT2D eigenvalue weighted by atomic mass is 9.80. The van der Waals surface area contributed by atoms with Crippen LogP contribution in [0.15, 0.2) is 370 Å². The lowest BCUT2D eigenvalue weighted by Gasteiger charge is -2.27. The fourth-order valence-corrected chi connectivity index (χ4v) is 15.0. The maximum absolute atomic E-state index is 2.49. The van der Waals surface area contributed by atoms with Crippen molar-refractivity contribution in [3.63, 3.8) is 0 Å². The van der Waals surface area contributed by atoms with Crippen LogP contribution in [0.2, 0.25) is 0 Å². The lowest BCUT2D eigenvalue weighted by Crippen LogP contribution is -2.14. The number of hydrogen-bond donors (Lipinski definition) is 0. The van der Waals surface area contributed by atoms with Crippen molar-refractivity contribution in [3.8, 4) is 66.8 Å². The molecule has 0 saturated heterocycles. The highest BCUT2D eigenvalue weighted by Gasteiger charge is 2.35. The Morgan fingerprint density at radius 2 is 0.500 bits per heavy atom. The van der Waals surface area contributed by atoms with Gasteiger partial charge in [-0.3, -0.25) is 0 Å². The maximum atomic E-state index is 2.49. The SMILES string of the molecule is CC1(C)c2ccccc2-c2ccc(-c3ccc4c(c3)c3cc(-c5ccc(N(c6ccccc6)c6ccccc6)cc5)ccc3c3c(-c5ccc(N(c6ccccc6)c6ccccc6)cc5)cc(-c5ccccc5)c(-c5ccc(N(c6ccccc6)c6ccccc6)cc5)c43)cc21. The molecule has 17 rings (SSSR count). The highest BCUT2D eigenvalue weighted by Crippen LogP contribution is 2.53. The monoisotopic (exact) mass is 1230 g/mol. The molecule has 0 radical (unpaired) electrons. The summed E-state index contributed by atoms with van der Waals surface area (Å²) < 4.78 is 0. The van der Waals surface area contributed by atoms with Crippen molar-refractivity contribution in [1.29, 1.82) is 0 Å². The highest BCUT2D eigenvalue weighted by atomic mass is 15.2. The van der Waals surface area contributed by atoms with Crippen molar-refractivity contribution >= 4 is 83.5 Å². The summed E-state index contributed by atoms with van der Waals surface area (Å²) in [6.07, 6.45) is 0. The summed E-state index contributed by atoms with van der Waals surface area (Å²) in [4.78, 5) is 7.02. The molecule has 0 heterocycles. The normalized spacial score (nSPS) is 12.1. The first-order valence-electron chi connectivity index (χ1n) is 33.2. The highest BCUT2D eigenvalue weighted by molar-refractivity contribution is 6.33. The largest absolute Gasteiger partial charge is 0.311 e.